The highest BCUT2D eigenvalue weighted by Gasteiger charge is 2.24. The lowest BCUT2D eigenvalue weighted by molar-refractivity contribution is 0.0925. The molecule has 5 nitrogen and oxygen atoms in total. The van der Waals surface area contributed by atoms with Crippen LogP contribution in [0, 0.1) is 11.7 Å². The van der Waals surface area contributed by atoms with Gasteiger partial charge in [-0.2, -0.15) is 0 Å². The summed E-state index contributed by atoms with van der Waals surface area (Å²) in [5.41, 5.74) is 1.00. The van der Waals surface area contributed by atoms with E-state index in [0.29, 0.717) is 4.47 Å². The minimum atomic E-state index is -3.70. The third-order valence-corrected chi connectivity index (χ3v) is 6.94. The number of sulfonamides is 1. The highest BCUT2D eigenvalue weighted by molar-refractivity contribution is 9.10. The molecule has 2 rings (SSSR count). The summed E-state index contributed by atoms with van der Waals surface area (Å²) in [6, 6.07) is 10.0. The lowest BCUT2D eigenvalue weighted by Crippen LogP contribution is -2.32. The van der Waals surface area contributed by atoms with Gasteiger partial charge in [0.15, 0.2) is 0 Å². The second-order valence-corrected chi connectivity index (χ2v) is 9.65. The molecular weight excluding hydrogens is 435 g/mol. The second-order valence-electron chi connectivity index (χ2n) is 6.68. The van der Waals surface area contributed by atoms with E-state index in [9.17, 15) is 17.6 Å². The van der Waals surface area contributed by atoms with Crippen LogP contribution in [0.15, 0.2) is 51.8 Å². The Hall–Kier alpha value is -1.77. The molecule has 0 spiro atoms. The van der Waals surface area contributed by atoms with Crippen molar-refractivity contribution in [3.63, 3.8) is 0 Å². The first-order chi connectivity index (χ1) is 12.5. The van der Waals surface area contributed by atoms with Crippen LogP contribution in [0.25, 0.3) is 0 Å². The van der Waals surface area contributed by atoms with Crippen LogP contribution in [0.1, 0.15) is 35.8 Å². The number of halogens is 2. The first kappa shape index (κ1) is 21.5. The van der Waals surface area contributed by atoms with Crippen LogP contribution in [-0.2, 0) is 10.0 Å². The molecule has 2 aromatic rings. The third kappa shape index (κ3) is 4.94. The van der Waals surface area contributed by atoms with Gasteiger partial charge in [0, 0.05) is 24.1 Å². The van der Waals surface area contributed by atoms with Crippen molar-refractivity contribution < 1.29 is 17.6 Å². The van der Waals surface area contributed by atoms with E-state index in [-0.39, 0.29) is 28.2 Å². The Morgan fingerprint density at radius 1 is 1.11 bits per heavy atom. The summed E-state index contributed by atoms with van der Waals surface area (Å²) in [7, 11) is -0.844. The summed E-state index contributed by atoms with van der Waals surface area (Å²) in [5, 5.41) is 2.91. The van der Waals surface area contributed by atoms with E-state index in [1.165, 1.54) is 38.4 Å². The maximum Gasteiger partial charge on any atom is 0.251 e. The molecule has 0 saturated heterocycles. The topological polar surface area (TPSA) is 66.5 Å². The largest absolute Gasteiger partial charge is 0.345 e. The minimum Gasteiger partial charge on any atom is -0.345 e. The predicted molar refractivity (Wildman–Crippen MR) is 106 cm³/mol. The Bertz CT molecular complexity index is 928. The maximum absolute atomic E-state index is 13.2. The van der Waals surface area contributed by atoms with Crippen LogP contribution >= 0.6 is 15.9 Å². The quantitative estimate of drug-likeness (QED) is 0.714. The average Bonchev–Trinajstić information content (AvgIpc) is 2.60. The Balaban J connectivity index is 2.35. The van der Waals surface area contributed by atoms with Crippen molar-refractivity contribution in [3.8, 4) is 0 Å². The van der Waals surface area contributed by atoms with E-state index in [1.54, 1.807) is 18.2 Å². The number of hydrogen-bond donors (Lipinski definition) is 1. The van der Waals surface area contributed by atoms with E-state index in [4.69, 9.17) is 0 Å². The van der Waals surface area contributed by atoms with Gasteiger partial charge in [0.05, 0.1) is 10.9 Å². The Morgan fingerprint density at radius 2 is 1.70 bits per heavy atom. The van der Waals surface area contributed by atoms with Crippen molar-refractivity contribution in [3.05, 3.63) is 63.9 Å². The first-order valence-electron chi connectivity index (χ1n) is 8.32. The fourth-order valence-corrected chi connectivity index (χ4v) is 4.41. The molecule has 0 radical (unpaired) electrons. The molecule has 1 atom stereocenters. The molecule has 8 heteroatoms. The zero-order valence-corrected chi connectivity index (χ0v) is 17.9. The molecule has 0 bridgehead atoms. The SMILES string of the molecule is CC(C)C(NC(=O)c1ccc(Br)c(S(=O)(=O)N(C)C)c1)c1ccc(F)cc1. The second kappa shape index (κ2) is 8.50. The molecule has 2 aromatic carbocycles. The van der Waals surface area contributed by atoms with Crippen LogP contribution in [0.4, 0.5) is 4.39 Å². The smallest absolute Gasteiger partial charge is 0.251 e. The van der Waals surface area contributed by atoms with Gasteiger partial charge in [-0.1, -0.05) is 26.0 Å². The van der Waals surface area contributed by atoms with Crippen molar-refractivity contribution in [1.29, 1.82) is 0 Å². The summed E-state index contributed by atoms with van der Waals surface area (Å²) in [6.07, 6.45) is 0. The van der Waals surface area contributed by atoms with Crippen molar-refractivity contribution >= 4 is 31.9 Å². The highest BCUT2D eigenvalue weighted by atomic mass is 79.9. The molecule has 1 N–H and O–H groups in total. The van der Waals surface area contributed by atoms with Gasteiger partial charge in [-0.25, -0.2) is 17.1 Å². The van der Waals surface area contributed by atoms with Gasteiger partial charge in [-0.05, 0) is 57.7 Å². The normalized spacial score (nSPS) is 13.0. The van der Waals surface area contributed by atoms with Gasteiger partial charge in [0.1, 0.15) is 5.82 Å². The summed E-state index contributed by atoms with van der Waals surface area (Å²) in [5.74, 6) is -0.695. The van der Waals surface area contributed by atoms with Gasteiger partial charge in [-0.3, -0.25) is 4.79 Å². The molecule has 27 heavy (non-hydrogen) atoms. The number of benzene rings is 2. The molecule has 0 aliphatic rings. The fraction of sp³-hybridized carbons (Fsp3) is 0.316. The Labute approximate surface area is 167 Å². The van der Waals surface area contributed by atoms with Crippen LogP contribution in [-0.4, -0.2) is 32.7 Å². The van der Waals surface area contributed by atoms with Crippen molar-refractivity contribution in [2.45, 2.75) is 24.8 Å². The zero-order valence-electron chi connectivity index (χ0n) is 15.5. The molecule has 0 aromatic heterocycles. The first-order valence-corrected chi connectivity index (χ1v) is 10.6. The molecule has 0 fully saturated rings. The van der Waals surface area contributed by atoms with E-state index < -0.39 is 15.9 Å². The molecule has 0 saturated carbocycles. The van der Waals surface area contributed by atoms with Gasteiger partial charge < -0.3 is 5.32 Å². The van der Waals surface area contributed by atoms with Crippen LogP contribution < -0.4 is 5.32 Å². The van der Waals surface area contributed by atoms with Gasteiger partial charge >= 0.3 is 0 Å². The summed E-state index contributed by atoms with van der Waals surface area (Å²) in [4.78, 5) is 12.8. The van der Waals surface area contributed by atoms with E-state index in [2.05, 4.69) is 21.2 Å². The fourth-order valence-electron chi connectivity index (χ4n) is 2.57. The summed E-state index contributed by atoms with van der Waals surface area (Å²) < 4.78 is 39.5. The van der Waals surface area contributed by atoms with E-state index in [0.717, 1.165) is 9.87 Å². The number of nitrogens with one attached hydrogen (secondary N) is 1. The molecule has 146 valence electrons. The number of carbonyl (C=O) groups excluding carboxylic acids is 1. The van der Waals surface area contributed by atoms with Gasteiger partial charge in [-0.15, -0.1) is 0 Å². The number of rotatable bonds is 6. The maximum atomic E-state index is 13.2. The predicted octanol–water partition coefficient (Wildman–Crippen LogP) is 3.97. The van der Waals surface area contributed by atoms with Crippen LogP contribution in [0.2, 0.25) is 0 Å². The lowest BCUT2D eigenvalue weighted by atomic mass is 9.95. The molecule has 0 aliphatic carbocycles. The van der Waals surface area contributed by atoms with E-state index >= 15 is 0 Å². The summed E-state index contributed by atoms with van der Waals surface area (Å²) in [6.45, 7) is 3.88. The molecule has 1 amide bonds. The van der Waals surface area contributed by atoms with Gasteiger partial charge in [0.2, 0.25) is 10.0 Å². The third-order valence-electron chi connectivity index (χ3n) is 4.13. The van der Waals surface area contributed by atoms with Crippen LogP contribution in [0.3, 0.4) is 0 Å². The molecule has 0 aliphatic heterocycles. The number of amides is 1. The minimum absolute atomic E-state index is 0.0167. The Kier molecular flexibility index (Phi) is 6.77. The standard InChI is InChI=1S/C19H22BrFN2O3S/c1-12(2)18(13-5-8-15(21)9-6-13)22-19(24)14-7-10-16(20)17(11-14)27(25,26)23(3)4/h5-12,18H,1-4H3,(H,22,24). The highest BCUT2D eigenvalue weighted by Crippen LogP contribution is 2.27. The van der Waals surface area contributed by atoms with Crippen molar-refractivity contribution in [2.24, 2.45) is 5.92 Å². The number of hydrogen-bond acceptors (Lipinski definition) is 3. The molecule has 1 unspecified atom stereocenters. The summed E-state index contributed by atoms with van der Waals surface area (Å²) >= 11 is 3.23. The lowest BCUT2D eigenvalue weighted by Gasteiger charge is -2.23. The Morgan fingerprint density at radius 3 is 2.22 bits per heavy atom. The molecular formula is C19H22BrFN2O3S. The van der Waals surface area contributed by atoms with E-state index in [1.807, 2.05) is 13.8 Å². The average molecular weight is 457 g/mol. The monoisotopic (exact) mass is 456 g/mol. The zero-order chi connectivity index (χ0) is 20.4. The number of nitrogens with zero attached hydrogens (tertiary/aromatic N) is 1. The van der Waals surface area contributed by atoms with Gasteiger partial charge in [0.25, 0.3) is 5.91 Å². The van der Waals surface area contributed by atoms with Crippen molar-refractivity contribution in [2.75, 3.05) is 14.1 Å². The van der Waals surface area contributed by atoms with Crippen molar-refractivity contribution in [1.82, 2.24) is 9.62 Å². The number of carbonyl (C=O) groups is 1. The molecule has 0 heterocycles. The van der Waals surface area contributed by atoms with Crippen LogP contribution in [0.5, 0.6) is 0 Å².